The Hall–Kier alpha value is -1.26. The van der Waals surface area contributed by atoms with Crippen molar-refractivity contribution in [2.75, 3.05) is 6.61 Å². The Kier molecular flexibility index (Phi) is 4.44. The van der Waals surface area contributed by atoms with E-state index in [4.69, 9.17) is 27.9 Å². The van der Waals surface area contributed by atoms with Crippen LogP contribution in [0.4, 0.5) is 0 Å². The molecule has 0 saturated heterocycles. The fraction of sp³-hybridized carbons (Fsp3) is 0.333. The first-order chi connectivity index (χ1) is 8.69. The summed E-state index contributed by atoms with van der Waals surface area (Å²) >= 11 is 11.8. The van der Waals surface area contributed by atoms with Gasteiger partial charge in [-0.15, -0.1) is 0 Å². The largest absolute Gasteiger partial charge is 0.490 e. The zero-order chi connectivity index (χ0) is 13.0. The Morgan fingerprint density at radius 3 is 2.89 bits per heavy atom. The maximum Gasteiger partial charge on any atom is 0.157 e. The lowest BCUT2D eigenvalue weighted by atomic mass is 10.3. The van der Waals surface area contributed by atoms with E-state index in [0.717, 1.165) is 17.7 Å². The molecule has 0 aliphatic heterocycles. The number of pyridine rings is 1. The van der Waals surface area contributed by atoms with Gasteiger partial charge in [0.2, 0.25) is 0 Å². The normalized spacial score (nSPS) is 10.6. The smallest absolute Gasteiger partial charge is 0.157 e. The summed E-state index contributed by atoms with van der Waals surface area (Å²) in [6.45, 7) is 3.29. The van der Waals surface area contributed by atoms with Gasteiger partial charge in [-0.2, -0.15) is 5.10 Å². The van der Waals surface area contributed by atoms with Gasteiger partial charge in [0.25, 0.3) is 0 Å². The number of halogens is 2. The van der Waals surface area contributed by atoms with Crippen LogP contribution >= 0.6 is 23.2 Å². The molecule has 0 N–H and O–H groups in total. The van der Waals surface area contributed by atoms with Crippen LogP contribution in [0.15, 0.2) is 24.7 Å². The van der Waals surface area contributed by atoms with E-state index in [2.05, 4.69) is 17.0 Å². The lowest BCUT2D eigenvalue weighted by molar-refractivity contribution is 0.317. The number of rotatable bonds is 5. The number of hydrogen-bond donors (Lipinski definition) is 0. The lowest BCUT2D eigenvalue weighted by Crippen LogP contribution is -2.01. The van der Waals surface area contributed by atoms with Gasteiger partial charge in [0.1, 0.15) is 5.15 Å². The van der Waals surface area contributed by atoms with Crippen molar-refractivity contribution in [1.82, 2.24) is 14.8 Å². The Bertz CT molecular complexity index is 528. The van der Waals surface area contributed by atoms with Crippen molar-refractivity contribution in [3.8, 4) is 5.75 Å². The van der Waals surface area contributed by atoms with Crippen molar-refractivity contribution in [3.05, 3.63) is 40.4 Å². The summed E-state index contributed by atoms with van der Waals surface area (Å²) in [5.41, 5.74) is 0.867. The van der Waals surface area contributed by atoms with Crippen LogP contribution < -0.4 is 4.74 Å². The van der Waals surface area contributed by atoms with Gasteiger partial charge in [-0.1, -0.05) is 30.1 Å². The van der Waals surface area contributed by atoms with Gasteiger partial charge >= 0.3 is 0 Å². The van der Waals surface area contributed by atoms with Crippen LogP contribution in [0.25, 0.3) is 0 Å². The minimum absolute atomic E-state index is 0.385. The van der Waals surface area contributed by atoms with Crippen molar-refractivity contribution >= 4 is 23.2 Å². The molecule has 0 fully saturated rings. The topological polar surface area (TPSA) is 39.9 Å². The number of aromatic nitrogens is 3. The SMILES string of the molecule is CCCOc1cnn(Cc2cnc(Cl)cc2Cl)c1. The minimum atomic E-state index is 0.385. The van der Waals surface area contributed by atoms with Gasteiger partial charge in [0.15, 0.2) is 5.75 Å². The second-order valence-corrected chi connectivity index (χ2v) is 4.61. The second kappa shape index (κ2) is 6.07. The molecule has 6 heteroatoms. The van der Waals surface area contributed by atoms with E-state index < -0.39 is 0 Å². The highest BCUT2D eigenvalue weighted by Gasteiger charge is 2.05. The Labute approximate surface area is 115 Å². The summed E-state index contributed by atoms with van der Waals surface area (Å²) < 4.78 is 7.22. The van der Waals surface area contributed by atoms with Crippen LogP contribution in [-0.4, -0.2) is 21.4 Å². The highest BCUT2D eigenvalue weighted by atomic mass is 35.5. The average molecular weight is 286 g/mol. The molecule has 0 aromatic carbocycles. The summed E-state index contributed by atoms with van der Waals surface area (Å²) in [7, 11) is 0. The van der Waals surface area contributed by atoms with Crippen LogP contribution in [0.1, 0.15) is 18.9 Å². The molecule has 0 radical (unpaired) electrons. The zero-order valence-corrected chi connectivity index (χ0v) is 11.4. The molecule has 2 heterocycles. The van der Waals surface area contributed by atoms with E-state index in [1.807, 2.05) is 6.20 Å². The van der Waals surface area contributed by atoms with Crippen molar-refractivity contribution in [1.29, 1.82) is 0 Å². The van der Waals surface area contributed by atoms with Crippen molar-refractivity contribution in [3.63, 3.8) is 0 Å². The van der Waals surface area contributed by atoms with Crippen LogP contribution in [0.5, 0.6) is 5.75 Å². The summed E-state index contributed by atoms with van der Waals surface area (Å²) in [5.74, 6) is 0.759. The number of nitrogens with zero attached hydrogens (tertiary/aromatic N) is 3. The molecule has 0 saturated carbocycles. The predicted molar refractivity (Wildman–Crippen MR) is 71.4 cm³/mol. The standard InChI is InChI=1S/C12H13Cl2N3O/c1-2-3-18-10-6-16-17(8-10)7-9-5-15-12(14)4-11(9)13/h4-6,8H,2-3,7H2,1H3. The average Bonchev–Trinajstić information content (AvgIpc) is 2.78. The van der Waals surface area contributed by atoms with Crippen LogP contribution in [0.3, 0.4) is 0 Å². The predicted octanol–water partition coefficient (Wildman–Crippen LogP) is 3.42. The molecule has 18 heavy (non-hydrogen) atoms. The van der Waals surface area contributed by atoms with Gasteiger partial charge < -0.3 is 4.74 Å². The summed E-state index contributed by atoms with van der Waals surface area (Å²) in [6, 6.07) is 1.62. The Morgan fingerprint density at radius 2 is 2.17 bits per heavy atom. The summed E-state index contributed by atoms with van der Waals surface area (Å²) in [4.78, 5) is 4.00. The highest BCUT2D eigenvalue weighted by Crippen LogP contribution is 2.20. The molecule has 0 spiro atoms. The van der Waals surface area contributed by atoms with Crippen LogP contribution in [0.2, 0.25) is 10.2 Å². The minimum Gasteiger partial charge on any atom is -0.490 e. The van der Waals surface area contributed by atoms with Crippen molar-refractivity contribution < 1.29 is 4.74 Å². The molecule has 0 bridgehead atoms. The summed E-state index contributed by atoms with van der Waals surface area (Å²) in [5, 5.41) is 5.17. The molecule has 0 aliphatic carbocycles. The summed E-state index contributed by atoms with van der Waals surface area (Å²) in [6.07, 6.45) is 6.14. The van der Waals surface area contributed by atoms with E-state index in [0.29, 0.717) is 23.3 Å². The molecule has 0 amide bonds. The molecular weight excluding hydrogens is 273 g/mol. The second-order valence-electron chi connectivity index (χ2n) is 3.82. The fourth-order valence-electron chi connectivity index (χ4n) is 1.45. The zero-order valence-electron chi connectivity index (χ0n) is 9.94. The molecule has 0 atom stereocenters. The van der Waals surface area contributed by atoms with E-state index in [1.165, 1.54) is 0 Å². The third-order valence-electron chi connectivity index (χ3n) is 2.31. The van der Waals surface area contributed by atoms with Gasteiger partial charge in [0.05, 0.1) is 30.6 Å². The molecular formula is C12H13Cl2N3O. The van der Waals surface area contributed by atoms with E-state index >= 15 is 0 Å². The van der Waals surface area contributed by atoms with Crippen molar-refractivity contribution in [2.45, 2.75) is 19.9 Å². The van der Waals surface area contributed by atoms with Crippen LogP contribution in [-0.2, 0) is 6.54 Å². The van der Waals surface area contributed by atoms with Gasteiger partial charge in [-0.3, -0.25) is 4.68 Å². The number of hydrogen-bond acceptors (Lipinski definition) is 3. The van der Waals surface area contributed by atoms with E-state index in [-0.39, 0.29) is 0 Å². The Balaban J connectivity index is 2.06. The van der Waals surface area contributed by atoms with Gasteiger partial charge in [-0.05, 0) is 12.5 Å². The monoisotopic (exact) mass is 285 g/mol. The maximum absolute atomic E-state index is 6.07. The third kappa shape index (κ3) is 3.37. The first-order valence-electron chi connectivity index (χ1n) is 5.64. The van der Waals surface area contributed by atoms with Gasteiger partial charge in [-0.25, -0.2) is 4.98 Å². The fourth-order valence-corrected chi connectivity index (χ4v) is 1.88. The molecule has 0 aliphatic rings. The van der Waals surface area contributed by atoms with E-state index in [9.17, 15) is 0 Å². The Morgan fingerprint density at radius 1 is 1.33 bits per heavy atom. The van der Waals surface area contributed by atoms with E-state index in [1.54, 1.807) is 23.1 Å². The maximum atomic E-state index is 6.07. The third-order valence-corrected chi connectivity index (χ3v) is 2.87. The lowest BCUT2D eigenvalue weighted by Gasteiger charge is -2.04. The first-order valence-corrected chi connectivity index (χ1v) is 6.40. The quantitative estimate of drug-likeness (QED) is 0.791. The number of ether oxygens (including phenoxy) is 1. The molecule has 2 rings (SSSR count). The molecule has 0 unspecified atom stereocenters. The molecule has 2 aromatic heterocycles. The van der Waals surface area contributed by atoms with Crippen LogP contribution in [0, 0.1) is 0 Å². The van der Waals surface area contributed by atoms with Gasteiger partial charge in [0, 0.05) is 11.8 Å². The molecule has 4 nitrogen and oxygen atoms in total. The molecule has 96 valence electrons. The highest BCUT2D eigenvalue weighted by molar-refractivity contribution is 6.34. The van der Waals surface area contributed by atoms with Crippen molar-refractivity contribution in [2.24, 2.45) is 0 Å². The first kappa shape index (κ1) is 13.2. The molecule has 2 aromatic rings.